The summed E-state index contributed by atoms with van der Waals surface area (Å²) in [4.78, 5) is 15.1. The number of hydrogen-bond acceptors (Lipinski definition) is 4. The normalized spacial score (nSPS) is 10.5. The van der Waals surface area contributed by atoms with E-state index in [4.69, 9.17) is 4.52 Å². The van der Waals surface area contributed by atoms with E-state index in [2.05, 4.69) is 26.1 Å². The Bertz CT molecular complexity index is 537. The number of aromatic nitrogens is 2. The van der Waals surface area contributed by atoms with Crippen LogP contribution in [0.5, 0.6) is 0 Å². The van der Waals surface area contributed by atoms with Crippen molar-refractivity contribution in [3.05, 3.63) is 34.6 Å². The number of halogens is 1. The van der Waals surface area contributed by atoms with Gasteiger partial charge < -0.3 is 9.32 Å². The van der Waals surface area contributed by atoms with Gasteiger partial charge in [-0.25, -0.2) is 0 Å². The first-order valence-electron chi connectivity index (χ1n) is 5.24. The Labute approximate surface area is 107 Å². The van der Waals surface area contributed by atoms with Crippen molar-refractivity contribution < 1.29 is 9.32 Å². The van der Waals surface area contributed by atoms with Crippen molar-refractivity contribution in [2.75, 3.05) is 0 Å². The number of benzene rings is 1. The van der Waals surface area contributed by atoms with Crippen molar-refractivity contribution in [3.63, 3.8) is 0 Å². The molecule has 0 spiro atoms. The largest absolute Gasteiger partial charge is 0.339 e. The standard InChI is InChI=1S/C12H11BrN2O2/c1-8(16)6-7-11-14-12(15-17-11)9-4-2-3-5-10(9)13/h2-5H,6-7H2,1H3. The maximum atomic E-state index is 10.9. The van der Waals surface area contributed by atoms with Crippen LogP contribution in [-0.4, -0.2) is 15.9 Å². The SMILES string of the molecule is CC(=O)CCc1nc(-c2ccccc2Br)no1. The summed E-state index contributed by atoms with van der Waals surface area (Å²) in [5.74, 6) is 1.15. The molecule has 0 saturated carbocycles. The molecule has 5 heteroatoms. The maximum Gasteiger partial charge on any atom is 0.227 e. The minimum Gasteiger partial charge on any atom is -0.339 e. The van der Waals surface area contributed by atoms with Crippen LogP contribution in [0.15, 0.2) is 33.3 Å². The molecule has 1 heterocycles. The summed E-state index contributed by atoms with van der Waals surface area (Å²) >= 11 is 3.43. The van der Waals surface area contributed by atoms with Gasteiger partial charge in [0.05, 0.1) is 0 Å². The fraction of sp³-hybridized carbons (Fsp3) is 0.250. The van der Waals surface area contributed by atoms with Crippen LogP contribution in [0.3, 0.4) is 0 Å². The van der Waals surface area contributed by atoms with Gasteiger partial charge in [0.2, 0.25) is 11.7 Å². The van der Waals surface area contributed by atoms with Gasteiger partial charge in [-0.2, -0.15) is 4.98 Å². The fourth-order valence-electron chi connectivity index (χ4n) is 1.39. The molecule has 17 heavy (non-hydrogen) atoms. The highest BCUT2D eigenvalue weighted by molar-refractivity contribution is 9.10. The second kappa shape index (κ2) is 5.23. The Hall–Kier alpha value is -1.49. The Morgan fingerprint density at radius 3 is 2.88 bits per heavy atom. The molecule has 0 fully saturated rings. The zero-order valence-electron chi connectivity index (χ0n) is 9.31. The number of nitrogens with zero attached hydrogens (tertiary/aromatic N) is 2. The highest BCUT2D eigenvalue weighted by Crippen LogP contribution is 2.25. The molecule has 0 saturated heterocycles. The molecule has 1 aromatic heterocycles. The van der Waals surface area contributed by atoms with Crippen molar-refractivity contribution in [1.82, 2.24) is 10.1 Å². The lowest BCUT2D eigenvalue weighted by atomic mass is 10.2. The first-order chi connectivity index (χ1) is 8.16. The molecule has 0 amide bonds. The molecule has 0 bridgehead atoms. The minimum absolute atomic E-state index is 0.116. The summed E-state index contributed by atoms with van der Waals surface area (Å²) in [7, 11) is 0. The van der Waals surface area contributed by atoms with Crippen LogP contribution in [-0.2, 0) is 11.2 Å². The van der Waals surface area contributed by atoms with Crippen molar-refractivity contribution in [1.29, 1.82) is 0 Å². The quantitative estimate of drug-likeness (QED) is 0.870. The lowest BCUT2D eigenvalue weighted by molar-refractivity contribution is -0.117. The number of carbonyl (C=O) groups excluding carboxylic acids is 1. The van der Waals surface area contributed by atoms with E-state index in [1.165, 1.54) is 0 Å². The van der Waals surface area contributed by atoms with Crippen LogP contribution in [0.2, 0.25) is 0 Å². The van der Waals surface area contributed by atoms with E-state index in [9.17, 15) is 4.79 Å². The fourth-order valence-corrected chi connectivity index (χ4v) is 1.85. The second-order valence-electron chi connectivity index (χ2n) is 3.69. The summed E-state index contributed by atoms with van der Waals surface area (Å²) in [6, 6.07) is 7.65. The first kappa shape index (κ1) is 12.0. The van der Waals surface area contributed by atoms with Crippen LogP contribution in [0, 0.1) is 0 Å². The van der Waals surface area contributed by atoms with Crippen LogP contribution < -0.4 is 0 Å². The Kier molecular flexibility index (Phi) is 3.68. The van der Waals surface area contributed by atoms with Crippen LogP contribution in [0.1, 0.15) is 19.2 Å². The number of rotatable bonds is 4. The Morgan fingerprint density at radius 2 is 2.18 bits per heavy atom. The maximum absolute atomic E-state index is 10.9. The average molecular weight is 295 g/mol. The first-order valence-corrected chi connectivity index (χ1v) is 6.03. The molecule has 0 aliphatic heterocycles. The van der Waals surface area contributed by atoms with E-state index in [-0.39, 0.29) is 5.78 Å². The number of Topliss-reactive ketones (excluding diaryl/α,β-unsaturated/α-hetero) is 1. The van der Waals surface area contributed by atoms with Crippen LogP contribution in [0.25, 0.3) is 11.4 Å². The third kappa shape index (κ3) is 3.00. The molecule has 0 unspecified atom stereocenters. The summed E-state index contributed by atoms with van der Waals surface area (Å²) in [6.45, 7) is 1.55. The van der Waals surface area contributed by atoms with Crippen LogP contribution >= 0.6 is 15.9 Å². The lowest BCUT2D eigenvalue weighted by Crippen LogP contribution is -1.94. The number of hydrogen-bond donors (Lipinski definition) is 0. The van der Waals surface area contributed by atoms with Gasteiger partial charge in [-0.15, -0.1) is 0 Å². The Morgan fingerprint density at radius 1 is 1.41 bits per heavy atom. The molecule has 4 nitrogen and oxygen atoms in total. The zero-order valence-corrected chi connectivity index (χ0v) is 10.9. The van der Waals surface area contributed by atoms with Gasteiger partial charge in [0.1, 0.15) is 5.78 Å². The van der Waals surface area contributed by atoms with E-state index >= 15 is 0 Å². The van der Waals surface area contributed by atoms with Gasteiger partial charge in [0, 0.05) is 22.9 Å². The molecular weight excluding hydrogens is 284 g/mol. The molecule has 2 aromatic rings. The number of aryl methyl sites for hydroxylation is 1. The smallest absolute Gasteiger partial charge is 0.227 e. The predicted octanol–water partition coefficient (Wildman–Crippen LogP) is 3.02. The average Bonchev–Trinajstić information content (AvgIpc) is 2.75. The van der Waals surface area contributed by atoms with Gasteiger partial charge in [-0.05, 0) is 19.1 Å². The molecule has 88 valence electrons. The number of ketones is 1. The molecule has 1 aromatic carbocycles. The number of carbonyl (C=O) groups is 1. The van der Waals surface area contributed by atoms with E-state index < -0.39 is 0 Å². The topological polar surface area (TPSA) is 56.0 Å². The Balaban J connectivity index is 2.18. The molecule has 0 aliphatic carbocycles. The molecule has 0 atom stereocenters. The van der Waals surface area contributed by atoms with E-state index in [0.29, 0.717) is 24.6 Å². The van der Waals surface area contributed by atoms with Gasteiger partial charge in [-0.1, -0.05) is 33.2 Å². The van der Waals surface area contributed by atoms with Crippen LogP contribution in [0.4, 0.5) is 0 Å². The van der Waals surface area contributed by atoms with Crippen molar-refractivity contribution >= 4 is 21.7 Å². The lowest BCUT2D eigenvalue weighted by Gasteiger charge is -1.96. The predicted molar refractivity (Wildman–Crippen MR) is 66.4 cm³/mol. The third-order valence-corrected chi connectivity index (χ3v) is 2.97. The molecule has 0 N–H and O–H groups in total. The molecule has 2 rings (SSSR count). The van der Waals surface area contributed by atoms with Crippen molar-refractivity contribution in [2.45, 2.75) is 19.8 Å². The summed E-state index contributed by atoms with van der Waals surface area (Å²) in [5.41, 5.74) is 0.880. The van der Waals surface area contributed by atoms with Crippen molar-refractivity contribution in [3.8, 4) is 11.4 Å². The van der Waals surface area contributed by atoms with Gasteiger partial charge in [-0.3, -0.25) is 0 Å². The highest BCUT2D eigenvalue weighted by atomic mass is 79.9. The van der Waals surface area contributed by atoms with Gasteiger partial charge in [0.25, 0.3) is 0 Å². The summed E-state index contributed by atoms with van der Waals surface area (Å²) in [5, 5.41) is 3.90. The third-order valence-electron chi connectivity index (χ3n) is 2.27. The van der Waals surface area contributed by atoms with E-state index in [1.54, 1.807) is 6.92 Å². The van der Waals surface area contributed by atoms with Gasteiger partial charge >= 0.3 is 0 Å². The summed E-state index contributed by atoms with van der Waals surface area (Å²) in [6.07, 6.45) is 0.921. The second-order valence-corrected chi connectivity index (χ2v) is 4.55. The molecule has 0 aliphatic rings. The monoisotopic (exact) mass is 294 g/mol. The van der Waals surface area contributed by atoms with E-state index in [0.717, 1.165) is 10.0 Å². The summed E-state index contributed by atoms with van der Waals surface area (Å²) < 4.78 is 6.01. The zero-order chi connectivity index (χ0) is 12.3. The highest BCUT2D eigenvalue weighted by Gasteiger charge is 2.11. The molecular formula is C12H11BrN2O2. The van der Waals surface area contributed by atoms with Crippen molar-refractivity contribution in [2.24, 2.45) is 0 Å². The van der Waals surface area contributed by atoms with Gasteiger partial charge in [0.15, 0.2) is 0 Å². The van der Waals surface area contributed by atoms with E-state index in [1.807, 2.05) is 24.3 Å². The minimum atomic E-state index is 0.116. The molecule has 0 radical (unpaired) electrons.